The number of ether oxygens (including phenoxy) is 1. The van der Waals surface area contributed by atoms with Crippen molar-refractivity contribution in [1.29, 1.82) is 5.41 Å². The number of aliphatic hydroxyl groups is 2. The number of nitrogens with one attached hydrogen (secondary N) is 3. The summed E-state index contributed by atoms with van der Waals surface area (Å²) >= 11 is 0. The molecule has 182 valence electrons. The topological polar surface area (TPSA) is 114 Å². The van der Waals surface area contributed by atoms with Gasteiger partial charge in [-0.1, -0.05) is 20.8 Å². The number of anilines is 2. The molecule has 2 heterocycles. The molecule has 0 aliphatic carbocycles. The van der Waals surface area contributed by atoms with Crippen molar-refractivity contribution in [3.8, 4) is 5.75 Å². The van der Waals surface area contributed by atoms with E-state index in [1.54, 1.807) is 18.2 Å². The minimum absolute atomic E-state index is 0.0311. The van der Waals surface area contributed by atoms with Gasteiger partial charge in [0.15, 0.2) is 0 Å². The summed E-state index contributed by atoms with van der Waals surface area (Å²) < 4.78 is 31.5. The van der Waals surface area contributed by atoms with Crippen molar-refractivity contribution in [2.45, 2.75) is 39.4 Å². The molecular formula is C23H33F2N5O3. The van der Waals surface area contributed by atoms with Crippen LogP contribution < -0.4 is 15.4 Å². The maximum Gasteiger partial charge on any atom is 0.397 e. The summed E-state index contributed by atoms with van der Waals surface area (Å²) in [4.78, 5) is 6.20. The van der Waals surface area contributed by atoms with Crippen LogP contribution in [-0.4, -0.2) is 64.8 Å². The summed E-state index contributed by atoms with van der Waals surface area (Å²) in [6, 6.07) is 7.54. The van der Waals surface area contributed by atoms with Gasteiger partial charge in [0.2, 0.25) is 0 Å². The predicted molar refractivity (Wildman–Crippen MR) is 124 cm³/mol. The van der Waals surface area contributed by atoms with Crippen LogP contribution in [0.25, 0.3) is 0 Å². The smallest absolute Gasteiger partial charge is 0.397 e. The molecular weight excluding hydrogens is 432 g/mol. The number of piperazine rings is 1. The number of aromatic nitrogens is 1. The van der Waals surface area contributed by atoms with Crippen LogP contribution >= 0.6 is 0 Å². The Hall–Kier alpha value is -2.82. The molecule has 0 radical (unpaired) electrons. The van der Waals surface area contributed by atoms with Crippen LogP contribution in [0.4, 0.5) is 20.3 Å². The fourth-order valence-electron chi connectivity index (χ4n) is 3.23. The lowest BCUT2D eigenvalue weighted by Gasteiger charge is -2.31. The molecule has 1 atom stereocenters. The highest BCUT2D eigenvalue weighted by atomic mass is 19.3. The van der Waals surface area contributed by atoms with Crippen molar-refractivity contribution in [2.75, 3.05) is 38.1 Å². The fourth-order valence-corrected chi connectivity index (χ4v) is 3.23. The Morgan fingerprint density at radius 2 is 1.88 bits per heavy atom. The van der Waals surface area contributed by atoms with Crippen LogP contribution in [0, 0.1) is 5.41 Å². The Kier molecular flexibility index (Phi) is 9.95. The maximum atomic E-state index is 13.4. The first kappa shape index (κ1) is 26.4. The zero-order valence-electron chi connectivity index (χ0n) is 19.2. The average molecular weight is 466 g/mol. The number of alkyl halides is 2. The number of pyridine rings is 1. The SMILES string of the molecule is CC.CCC(F)(F)Oc1ccc(Nc2nccc(C(O)CO)c2C(=N)N2CCNCC2)cc1. The number of rotatable bonds is 8. The number of benzene rings is 1. The van der Waals surface area contributed by atoms with Crippen molar-refractivity contribution < 1.29 is 23.7 Å². The summed E-state index contributed by atoms with van der Waals surface area (Å²) in [5.41, 5.74) is 1.31. The van der Waals surface area contributed by atoms with E-state index in [4.69, 9.17) is 5.41 Å². The Bertz CT molecular complexity index is 890. The summed E-state index contributed by atoms with van der Waals surface area (Å²) in [7, 11) is 0. The molecule has 0 saturated carbocycles. The molecule has 1 aromatic carbocycles. The molecule has 0 spiro atoms. The lowest BCUT2D eigenvalue weighted by Crippen LogP contribution is -2.46. The first-order chi connectivity index (χ1) is 15.8. The average Bonchev–Trinajstić information content (AvgIpc) is 2.86. The van der Waals surface area contributed by atoms with Crippen molar-refractivity contribution in [2.24, 2.45) is 0 Å². The number of hydrogen-bond donors (Lipinski definition) is 5. The second kappa shape index (κ2) is 12.4. The third kappa shape index (κ3) is 7.08. The van der Waals surface area contributed by atoms with Gasteiger partial charge in [-0.25, -0.2) is 4.98 Å². The first-order valence-corrected chi connectivity index (χ1v) is 11.1. The van der Waals surface area contributed by atoms with Crippen LogP contribution in [0.2, 0.25) is 0 Å². The van der Waals surface area contributed by atoms with E-state index in [1.807, 2.05) is 18.7 Å². The van der Waals surface area contributed by atoms with Crippen molar-refractivity contribution in [1.82, 2.24) is 15.2 Å². The van der Waals surface area contributed by atoms with Gasteiger partial charge in [0.25, 0.3) is 0 Å². The predicted octanol–water partition coefficient (Wildman–Crippen LogP) is 3.49. The third-order valence-corrected chi connectivity index (χ3v) is 4.98. The van der Waals surface area contributed by atoms with Gasteiger partial charge in [0.1, 0.15) is 23.5 Å². The fraction of sp³-hybridized carbons (Fsp3) is 0.478. The molecule has 5 N–H and O–H groups in total. The molecule has 1 aliphatic rings. The van der Waals surface area contributed by atoms with E-state index < -0.39 is 25.2 Å². The molecule has 1 aliphatic heterocycles. The van der Waals surface area contributed by atoms with E-state index in [0.29, 0.717) is 35.7 Å². The van der Waals surface area contributed by atoms with Gasteiger partial charge < -0.3 is 30.5 Å². The highest BCUT2D eigenvalue weighted by molar-refractivity contribution is 6.02. The van der Waals surface area contributed by atoms with E-state index in [0.717, 1.165) is 13.1 Å². The summed E-state index contributed by atoms with van der Waals surface area (Å²) in [6.45, 7) is 7.55. The lowest BCUT2D eigenvalue weighted by molar-refractivity contribution is -0.177. The standard InChI is InChI=1S/C21H27F2N5O3.C2H6/c1-2-21(22,23)31-15-5-3-14(4-6-15)27-20-18(16(7-8-26-20)17(30)13-29)19(24)28-11-9-25-10-12-28;1-2/h3-8,17,24-25,29-30H,2,9-13H2,1H3,(H,26,27);1-2H3. The monoisotopic (exact) mass is 465 g/mol. The Morgan fingerprint density at radius 1 is 1.24 bits per heavy atom. The summed E-state index contributed by atoms with van der Waals surface area (Å²) in [5, 5.41) is 34.8. The van der Waals surface area contributed by atoms with Crippen LogP contribution in [0.3, 0.4) is 0 Å². The van der Waals surface area contributed by atoms with E-state index in [-0.39, 0.29) is 11.6 Å². The largest absolute Gasteiger partial charge is 0.433 e. The normalized spacial score (nSPS) is 14.7. The molecule has 8 nitrogen and oxygen atoms in total. The van der Waals surface area contributed by atoms with E-state index in [9.17, 15) is 19.0 Å². The number of aliphatic hydroxyl groups excluding tert-OH is 2. The maximum absolute atomic E-state index is 13.4. The van der Waals surface area contributed by atoms with Gasteiger partial charge in [-0.05, 0) is 35.9 Å². The van der Waals surface area contributed by atoms with Crippen molar-refractivity contribution in [3.05, 3.63) is 47.7 Å². The van der Waals surface area contributed by atoms with E-state index in [1.165, 1.54) is 25.3 Å². The van der Waals surface area contributed by atoms with Gasteiger partial charge in [-0.15, -0.1) is 0 Å². The highest BCUT2D eigenvalue weighted by Gasteiger charge is 2.28. The molecule has 3 rings (SSSR count). The number of amidine groups is 1. The second-order valence-corrected chi connectivity index (χ2v) is 7.15. The quantitative estimate of drug-likeness (QED) is 0.300. The molecule has 1 saturated heterocycles. The van der Waals surface area contributed by atoms with Crippen LogP contribution in [0.1, 0.15) is 44.4 Å². The number of halogens is 2. The molecule has 33 heavy (non-hydrogen) atoms. The molecule has 10 heteroatoms. The van der Waals surface area contributed by atoms with Crippen LogP contribution in [-0.2, 0) is 0 Å². The zero-order valence-corrected chi connectivity index (χ0v) is 19.2. The number of hydrogen-bond acceptors (Lipinski definition) is 7. The Morgan fingerprint density at radius 3 is 2.45 bits per heavy atom. The van der Waals surface area contributed by atoms with E-state index >= 15 is 0 Å². The molecule has 0 bridgehead atoms. The minimum Gasteiger partial charge on any atom is -0.433 e. The Labute approximate surface area is 193 Å². The molecule has 1 unspecified atom stereocenters. The van der Waals surface area contributed by atoms with Crippen LogP contribution in [0.15, 0.2) is 36.5 Å². The third-order valence-electron chi connectivity index (χ3n) is 4.98. The minimum atomic E-state index is -3.24. The first-order valence-electron chi connectivity index (χ1n) is 11.1. The van der Waals surface area contributed by atoms with Gasteiger partial charge >= 0.3 is 6.11 Å². The molecule has 1 aromatic heterocycles. The van der Waals surface area contributed by atoms with Crippen molar-refractivity contribution >= 4 is 17.3 Å². The molecule has 1 fully saturated rings. The molecule has 0 amide bonds. The van der Waals surface area contributed by atoms with Gasteiger partial charge in [-0.2, -0.15) is 8.78 Å². The van der Waals surface area contributed by atoms with Gasteiger partial charge in [0, 0.05) is 44.5 Å². The highest BCUT2D eigenvalue weighted by Crippen LogP contribution is 2.29. The zero-order chi connectivity index (χ0) is 24.4. The molecule has 2 aromatic rings. The van der Waals surface area contributed by atoms with E-state index in [2.05, 4.69) is 20.4 Å². The van der Waals surface area contributed by atoms with Gasteiger partial charge in [-0.3, -0.25) is 5.41 Å². The summed E-state index contributed by atoms with van der Waals surface area (Å²) in [5.74, 6) is 0.534. The second-order valence-electron chi connectivity index (χ2n) is 7.15. The Balaban J connectivity index is 0.00000187. The van der Waals surface area contributed by atoms with Gasteiger partial charge in [0.05, 0.1) is 12.2 Å². The lowest BCUT2D eigenvalue weighted by atomic mass is 10.0. The summed E-state index contributed by atoms with van der Waals surface area (Å²) in [6.07, 6.45) is -3.37. The van der Waals surface area contributed by atoms with Crippen molar-refractivity contribution in [3.63, 3.8) is 0 Å². The number of nitrogens with zero attached hydrogens (tertiary/aromatic N) is 2. The van der Waals surface area contributed by atoms with Crippen LogP contribution in [0.5, 0.6) is 5.75 Å².